The molecule has 8 heteroatoms. The Balaban J connectivity index is 1.93. The molecule has 1 atom stereocenters. The molecular formula is C20H35N7O. The summed E-state index contributed by atoms with van der Waals surface area (Å²) in [6.07, 6.45) is 4.13. The highest BCUT2D eigenvalue weighted by Crippen LogP contribution is 2.35. The van der Waals surface area contributed by atoms with E-state index >= 15 is 0 Å². The fourth-order valence-corrected chi connectivity index (χ4v) is 3.22. The maximum atomic E-state index is 5.47. The number of hydrogen-bond donors (Lipinski definition) is 5. The van der Waals surface area contributed by atoms with Crippen LogP contribution in [0.15, 0.2) is 22.1 Å². The Bertz CT molecular complexity index is 696. The normalized spacial score (nSPS) is 14.7. The van der Waals surface area contributed by atoms with Gasteiger partial charge in [-0.2, -0.15) is 4.99 Å². The Morgan fingerprint density at radius 3 is 2.75 bits per heavy atom. The molecule has 0 amide bonds. The van der Waals surface area contributed by atoms with Crippen LogP contribution in [-0.4, -0.2) is 44.2 Å². The number of fused-ring (bicyclic) bond motifs is 1. The molecule has 1 aliphatic rings. The first-order valence-corrected chi connectivity index (χ1v) is 10.0. The van der Waals surface area contributed by atoms with Crippen LogP contribution in [0.3, 0.4) is 0 Å². The first kappa shape index (κ1) is 21.7. The quantitative estimate of drug-likeness (QED) is 0.264. The summed E-state index contributed by atoms with van der Waals surface area (Å²) in [6.45, 7) is 7.89. The minimum atomic E-state index is 0.0113. The molecule has 0 saturated heterocycles. The molecule has 0 unspecified atom stereocenters. The summed E-state index contributed by atoms with van der Waals surface area (Å²) < 4.78 is 5.47. The molecule has 7 N–H and O–H groups in total. The largest absolute Gasteiger partial charge is 0.497 e. The molecule has 28 heavy (non-hydrogen) atoms. The average molecular weight is 390 g/mol. The number of nitrogens with one attached hydrogen (secondary N) is 3. The van der Waals surface area contributed by atoms with Gasteiger partial charge in [-0.05, 0) is 58.1 Å². The van der Waals surface area contributed by atoms with Gasteiger partial charge in [0.2, 0.25) is 5.96 Å². The number of methoxy groups -OCH3 is 1. The van der Waals surface area contributed by atoms with E-state index in [9.17, 15) is 0 Å². The smallest absolute Gasteiger partial charge is 0.221 e. The molecular weight excluding hydrogens is 354 g/mol. The van der Waals surface area contributed by atoms with Crippen LogP contribution in [0.2, 0.25) is 0 Å². The number of rotatable bonds is 8. The summed E-state index contributed by atoms with van der Waals surface area (Å²) in [6, 6.07) is 4.71. The van der Waals surface area contributed by atoms with Crippen molar-refractivity contribution in [1.29, 1.82) is 0 Å². The predicted molar refractivity (Wildman–Crippen MR) is 119 cm³/mol. The Labute approximate surface area is 168 Å². The minimum absolute atomic E-state index is 0.0113. The summed E-state index contributed by atoms with van der Waals surface area (Å²) in [7, 11) is 1.71. The van der Waals surface area contributed by atoms with Crippen LogP contribution < -0.4 is 32.2 Å². The summed E-state index contributed by atoms with van der Waals surface area (Å²) >= 11 is 0. The molecule has 1 heterocycles. The van der Waals surface area contributed by atoms with E-state index in [2.05, 4.69) is 45.0 Å². The molecule has 1 aliphatic heterocycles. The van der Waals surface area contributed by atoms with E-state index in [4.69, 9.17) is 16.2 Å². The van der Waals surface area contributed by atoms with Gasteiger partial charge in [0.1, 0.15) is 5.75 Å². The highest BCUT2D eigenvalue weighted by molar-refractivity contribution is 5.93. The van der Waals surface area contributed by atoms with Gasteiger partial charge in [-0.15, -0.1) is 0 Å². The van der Waals surface area contributed by atoms with Gasteiger partial charge in [0.05, 0.1) is 18.5 Å². The number of aliphatic imine (C=N–C) groups is 2. The third-order valence-corrected chi connectivity index (χ3v) is 4.47. The zero-order valence-corrected chi connectivity index (χ0v) is 17.5. The number of hydrogen-bond acceptors (Lipinski definition) is 4. The fourth-order valence-electron chi connectivity index (χ4n) is 3.22. The predicted octanol–water partition coefficient (Wildman–Crippen LogP) is 2.26. The van der Waals surface area contributed by atoms with Gasteiger partial charge in [0.25, 0.3) is 0 Å². The lowest BCUT2D eigenvalue weighted by atomic mass is 10.0. The molecule has 0 spiro atoms. The van der Waals surface area contributed by atoms with Gasteiger partial charge < -0.3 is 32.2 Å². The van der Waals surface area contributed by atoms with Crippen molar-refractivity contribution in [3.05, 3.63) is 17.7 Å². The van der Waals surface area contributed by atoms with Crippen LogP contribution in [0.4, 0.5) is 11.4 Å². The minimum Gasteiger partial charge on any atom is -0.497 e. The number of nitrogens with two attached hydrogens (primary N) is 2. The molecule has 0 aliphatic carbocycles. The van der Waals surface area contributed by atoms with E-state index in [0.29, 0.717) is 18.5 Å². The standard InChI is InChI=1S/C20H35N7O/c1-13(2)25-20(27-19(21)22)24-10-5-7-14(3)26-17-12-16(28-4)11-15-8-6-9-23-18(15)17/h11-14,23,26H,5-10H2,1-4H3,(H5,21,22,24,25,27)/t14-/m1/s1. The van der Waals surface area contributed by atoms with E-state index in [-0.39, 0.29) is 12.0 Å². The van der Waals surface area contributed by atoms with Gasteiger partial charge >= 0.3 is 0 Å². The van der Waals surface area contributed by atoms with Crippen molar-refractivity contribution in [2.45, 2.75) is 58.5 Å². The van der Waals surface area contributed by atoms with Crippen molar-refractivity contribution in [3.63, 3.8) is 0 Å². The second kappa shape index (κ2) is 10.6. The van der Waals surface area contributed by atoms with Crippen LogP contribution in [0.1, 0.15) is 45.6 Å². The van der Waals surface area contributed by atoms with Crippen molar-refractivity contribution >= 4 is 23.3 Å². The van der Waals surface area contributed by atoms with Crippen molar-refractivity contribution < 1.29 is 4.74 Å². The summed E-state index contributed by atoms with van der Waals surface area (Å²) in [5, 5.41) is 10.3. The van der Waals surface area contributed by atoms with E-state index in [1.807, 2.05) is 13.8 Å². The third-order valence-electron chi connectivity index (χ3n) is 4.47. The number of anilines is 2. The number of ether oxygens (including phenoxy) is 1. The Hall–Kier alpha value is -2.64. The van der Waals surface area contributed by atoms with Gasteiger partial charge in [-0.25, -0.2) is 0 Å². The maximum Gasteiger partial charge on any atom is 0.221 e. The molecule has 0 fully saturated rings. The molecule has 0 radical (unpaired) electrons. The number of nitrogens with zero attached hydrogens (tertiary/aromatic N) is 2. The topological polar surface area (TPSA) is 122 Å². The molecule has 0 bridgehead atoms. The monoisotopic (exact) mass is 389 g/mol. The maximum absolute atomic E-state index is 5.47. The Morgan fingerprint density at radius 2 is 2.07 bits per heavy atom. The van der Waals surface area contributed by atoms with Crippen molar-refractivity contribution in [1.82, 2.24) is 5.32 Å². The molecule has 1 aromatic carbocycles. The van der Waals surface area contributed by atoms with Crippen molar-refractivity contribution in [3.8, 4) is 5.75 Å². The van der Waals surface area contributed by atoms with Gasteiger partial charge in [0.15, 0.2) is 5.96 Å². The van der Waals surface area contributed by atoms with E-state index < -0.39 is 0 Å². The van der Waals surface area contributed by atoms with Crippen molar-refractivity contribution in [2.75, 3.05) is 30.8 Å². The molecule has 156 valence electrons. The van der Waals surface area contributed by atoms with Gasteiger partial charge in [-0.1, -0.05) is 0 Å². The lowest BCUT2D eigenvalue weighted by Crippen LogP contribution is -2.33. The zero-order chi connectivity index (χ0) is 20.5. The second-order valence-electron chi connectivity index (χ2n) is 7.47. The van der Waals surface area contributed by atoms with Crippen molar-refractivity contribution in [2.24, 2.45) is 21.5 Å². The molecule has 2 rings (SSSR count). The van der Waals surface area contributed by atoms with Gasteiger partial charge in [0, 0.05) is 31.2 Å². The first-order valence-electron chi connectivity index (χ1n) is 10.0. The number of guanidine groups is 2. The lowest BCUT2D eigenvalue weighted by Gasteiger charge is -2.25. The summed E-state index contributed by atoms with van der Waals surface area (Å²) in [5.74, 6) is 1.39. The van der Waals surface area contributed by atoms with Crippen LogP contribution >= 0.6 is 0 Å². The van der Waals surface area contributed by atoms with Crippen LogP contribution in [0, 0.1) is 0 Å². The summed E-state index contributed by atoms with van der Waals surface area (Å²) in [4.78, 5) is 8.52. The van der Waals surface area contributed by atoms with Crippen LogP contribution in [0.5, 0.6) is 5.75 Å². The van der Waals surface area contributed by atoms with E-state index in [0.717, 1.165) is 43.7 Å². The number of benzene rings is 1. The SMILES string of the molecule is COc1cc2c(c(N[C@H](C)CCCN=C(N=C(N)N)NC(C)C)c1)NCCC2. The average Bonchev–Trinajstić information content (AvgIpc) is 2.64. The lowest BCUT2D eigenvalue weighted by molar-refractivity contribution is 0.414. The van der Waals surface area contributed by atoms with Gasteiger partial charge in [-0.3, -0.25) is 4.99 Å². The highest BCUT2D eigenvalue weighted by Gasteiger charge is 2.16. The molecule has 0 aromatic heterocycles. The molecule has 0 saturated carbocycles. The Kier molecular flexibility index (Phi) is 8.22. The molecule has 1 aromatic rings. The third kappa shape index (κ3) is 6.83. The molecule has 8 nitrogen and oxygen atoms in total. The fraction of sp³-hybridized carbons (Fsp3) is 0.600. The van der Waals surface area contributed by atoms with E-state index in [1.54, 1.807) is 7.11 Å². The highest BCUT2D eigenvalue weighted by atomic mass is 16.5. The first-order chi connectivity index (χ1) is 13.4. The number of aryl methyl sites for hydroxylation is 1. The second-order valence-corrected chi connectivity index (χ2v) is 7.47. The van der Waals surface area contributed by atoms with Crippen LogP contribution in [0.25, 0.3) is 0 Å². The Morgan fingerprint density at radius 1 is 1.29 bits per heavy atom. The van der Waals surface area contributed by atoms with E-state index in [1.165, 1.54) is 11.3 Å². The zero-order valence-electron chi connectivity index (χ0n) is 17.5. The van der Waals surface area contributed by atoms with Crippen LogP contribution in [-0.2, 0) is 6.42 Å². The summed E-state index contributed by atoms with van der Waals surface area (Å²) in [5.41, 5.74) is 14.6.